The Morgan fingerprint density at radius 3 is 1.74 bits per heavy atom. The number of allylic oxidation sites excluding steroid dienone is 1. The van der Waals surface area contributed by atoms with E-state index in [2.05, 4.69) is 0 Å². The molecule has 172 valence electrons. The molecule has 2 fully saturated rings. The average Bonchev–Trinajstić information content (AvgIpc) is 2.68. The van der Waals surface area contributed by atoms with E-state index in [-0.39, 0.29) is 42.6 Å². The molecule has 0 saturated carbocycles. The lowest BCUT2D eigenvalue weighted by atomic mass is 9.97. The molecule has 2 saturated heterocycles. The summed E-state index contributed by atoms with van der Waals surface area (Å²) in [4.78, 5) is 12.7. The standard InChI is InChI=1S/C22H32O7P2/c1-16(19(17(2)23)30(24)26-12-21(3,4)13-27-30)20(18-10-8-7-9-11-18)31(25)28-14-22(5,6)15-29-31/h7-11,19H,12-15H2,1-6H3/b20-16+. The third kappa shape index (κ3) is 5.30. The van der Waals surface area contributed by atoms with Crippen molar-refractivity contribution in [3.63, 3.8) is 0 Å². The Balaban J connectivity index is 2.13. The van der Waals surface area contributed by atoms with Gasteiger partial charge in [0.25, 0.3) is 0 Å². The predicted octanol–water partition coefficient (Wildman–Crippen LogP) is 5.91. The number of hydrogen-bond donors (Lipinski definition) is 0. The van der Waals surface area contributed by atoms with E-state index in [0.29, 0.717) is 11.1 Å². The Hall–Kier alpha value is -1.07. The van der Waals surface area contributed by atoms with Gasteiger partial charge in [0, 0.05) is 10.8 Å². The van der Waals surface area contributed by atoms with E-state index >= 15 is 0 Å². The van der Waals surface area contributed by atoms with Gasteiger partial charge in [-0.3, -0.25) is 13.9 Å². The summed E-state index contributed by atoms with van der Waals surface area (Å²) in [5.74, 6) is -0.391. The lowest BCUT2D eigenvalue weighted by molar-refractivity contribution is -0.116. The Morgan fingerprint density at radius 2 is 1.29 bits per heavy atom. The smallest absolute Gasteiger partial charge is 0.307 e. The molecule has 0 spiro atoms. The van der Waals surface area contributed by atoms with Crippen LogP contribution in [0.5, 0.6) is 0 Å². The molecular formula is C22H32O7P2. The fourth-order valence-corrected chi connectivity index (χ4v) is 8.56. The molecule has 0 radical (unpaired) electrons. The molecule has 3 rings (SSSR count). The lowest BCUT2D eigenvalue weighted by Gasteiger charge is -2.39. The average molecular weight is 470 g/mol. The second-order valence-corrected chi connectivity index (χ2v) is 13.9. The van der Waals surface area contributed by atoms with Crippen molar-refractivity contribution in [3.05, 3.63) is 41.5 Å². The molecule has 31 heavy (non-hydrogen) atoms. The molecule has 7 nitrogen and oxygen atoms in total. The van der Waals surface area contributed by atoms with Gasteiger partial charge in [-0.1, -0.05) is 58.0 Å². The molecule has 0 amide bonds. The van der Waals surface area contributed by atoms with Gasteiger partial charge in [0.2, 0.25) is 0 Å². The maximum Gasteiger partial charge on any atom is 0.361 e. The van der Waals surface area contributed by atoms with Gasteiger partial charge in [-0.05, 0) is 25.0 Å². The zero-order valence-electron chi connectivity index (χ0n) is 19.0. The van der Waals surface area contributed by atoms with Crippen molar-refractivity contribution in [1.29, 1.82) is 0 Å². The van der Waals surface area contributed by atoms with E-state index in [9.17, 15) is 13.9 Å². The van der Waals surface area contributed by atoms with E-state index in [0.717, 1.165) is 0 Å². The minimum absolute atomic E-state index is 0.195. The Kier molecular flexibility index (Phi) is 6.90. The van der Waals surface area contributed by atoms with Gasteiger partial charge in [0.05, 0.1) is 31.7 Å². The number of Topliss-reactive ketones (excluding diaryl/α,β-unsaturated/α-hetero) is 1. The number of carbonyl (C=O) groups is 1. The molecule has 1 atom stereocenters. The molecule has 1 aromatic carbocycles. The molecule has 0 bridgehead atoms. The topological polar surface area (TPSA) is 88.1 Å². The molecule has 0 aliphatic carbocycles. The van der Waals surface area contributed by atoms with Crippen LogP contribution >= 0.6 is 15.2 Å². The van der Waals surface area contributed by atoms with Crippen molar-refractivity contribution in [1.82, 2.24) is 0 Å². The molecular weight excluding hydrogens is 438 g/mol. The van der Waals surface area contributed by atoms with Crippen LogP contribution in [0.1, 0.15) is 47.1 Å². The van der Waals surface area contributed by atoms with Crippen molar-refractivity contribution in [3.8, 4) is 0 Å². The third-order valence-electron chi connectivity index (χ3n) is 5.33. The highest BCUT2D eigenvalue weighted by atomic mass is 31.2. The molecule has 0 aromatic heterocycles. The second kappa shape index (κ2) is 8.70. The van der Waals surface area contributed by atoms with E-state index in [1.54, 1.807) is 31.2 Å². The zero-order valence-corrected chi connectivity index (χ0v) is 20.8. The van der Waals surface area contributed by atoms with Crippen LogP contribution in [0, 0.1) is 10.8 Å². The van der Waals surface area contributed by atoms with Gasteiger partial charge in [-0.2, -0.15) is 0 Å². The Morgan fingerprint density at radius 1 is 0.839 bits per heavy atom. The molecule has 2 heterocycles. The summed E-state index contributed by atoms with van der Waals surface area (Å²) < 4.78 is 50.5. The highest BCUT2D eigenvalue weighted by Crippen LogP contribution is 2.68. The summed E-state index contributed by atoms with van der Waals surface area (Å²) in [6.45, 7) is 11.6. The summed E-state index contributed by atoms with van der Waals surface area (Å²) in [5.41, 5.74) is -0.907. The highest BCUT2D eigenvalue weighted by Gasteiger charge is 2.49. The van der Waals surface area contributed by atoms with Crippen molar-refractivity contribution < 1.29 is 32.0 Å². The first kappa shape index (κ1) is 24.6. The number of rotatable bonds is 5. The molecule has 1 aromatic rings. The van der Waals surface area contributed by atoms with Crippen molar-refractivity contribution in [2.24, 2.45) is 10.8 Å². The summed E-state index contributed by atoms with van der Waals surface area (Å²) >= 11 is 0. The largest absolute Gasteiger partial charge is 0.361 e. The fraction of sp³-hybridized carbons (Fsp3) is 0.591. The van der Waals surface area contributed by atoms with E-state index in [1.807, 2.05) is 33.8 Å². The Labute approximate surface area is 184 Å². The van der Waals surface area contributed by atoms with Crippen LogP contribution in [0.4, 0.5) is 0 Å². The summed E-state index contributed by atoms with van der Waals surface area (Å²) in [6, 6.07) is 8.96. The molecule has 2 aliphatic rings. The van der Waals surface area contributed by atoms with E-state index in [4.69, 9.17) is 18.1 Å². The van der Waals surface area contributed by atoms with Gasteiger partial charge < -0.3 is 18.1 Å². The molecule has 2 aliphatic heterocycles. The van der Waals surface area contributed by atoms with Crippen LogP contribution < -0.4 is 0 Å². The first-order chi connectivity index (χ1) is 14.3. The number of carbonyl (C=O) groups excluding carboxylic acids is 1. The van der Waals surface area contributed by atoms with Crippen LogP contribution in [-0.2, 0) is 32.0 Å². The van der Waals surface area contributed by atoms with Crippen molar-refractivity contribution >= 4 is 26.3 Å². The van der Waals surface area contributed by atoms with Crippen LogP contribution in [0.15, 0.2) is 35.9 Å². The maximum absolute atomic E-state index is 13.9. The predicted molar refractivity (Wildman–Crippen MR) is 120 cm³/mol. The van der Waals surface area contributed by atoms with Crippen LogP contribution in [0.25, 0.3) is 5.31 Å². The van der Waals surface area contributed by atoms with Gasteiger partial charge in [0.15, 0.2) is 0 Å². The summed E-state index contributed by atoms with van der Waals surface area (Å²) in [7, 11) is -7.62. The molecule has 9 heteroatoms. The maximum atomic E-state index is 13.9. The number of hydrogen-bond acceptors (Lipinski definition) is 7. The molecule has 1 unspecified atom stereocenters. The van der Waals surface area contributed by atoms with Gasteiger partial charge >= 0.3 is 15.2 Å². The number of benzene rings is 1. The minimum Gasteiger partial charge on any atom is -0.307 e. The second-order valence-electron chi connectivity index (χ2n) is 9.87. The van der Waals surface area contributed by atoms with E-state index < -0.39 is 26.6 Å². The first-order valence-electron chi connectivity index (χ1n) is 10.3. The quantitative estimate of drug-likeness (QED) is 0.495. The van der Waals surface area contributed by atoms with Gasteiger partial charge in [-0.15, -0.1) is 0 Å². The van der Waals surface area contributed by atoms with Crippen LogP contribution in [-0.4, -0.2) is 37.9 Å². The summed E-state index contributed by atoms with van der Waals surface area (Å²) in [5, 5.41) is 0.246. The fourth-order valence-electron chi connectivity index (χ4n) is 3.58. The highest BCUT2D eigenvalue weighted by molar-refractivity contribution is 7.65. The number of ketones is 1. The first-order valence-corrected chi connectivity index (χ1v) is 13.5. The normalized spacial score (nSPS) is 25.9. The van der Waals surface area contributed by atoms with E-state index in [1.165, 1.54) is 6.92 Å². The van der Waals surface area contributed by atoms with Gasteiger partial charge in [-0.25, -0.2) is 0 Å². The molecule has 0 N–H and O–H groups in total. The lowest BCUT2D eigenvalue weighted by Crippen LogP contribution is -2.35. The van der Waals surface area contributed by atoms with Gasteiger partial charge in [0.1, 0.15) is 11.4 Å². The summed E-state index contributed by atoms with van der Waals surface area (Å²) in [6.07, 6.45) is 0. The van der Waals surface area contributed by atoms with Crippen molar-refractivity contribution in [2.45, 2.75) is 47.2 Å². The zero-order chi connectivity index (χ0) is 23.1. The Bertz CT molecular complexity index is 937. The third-order valence-corrected chi connectivity index (χ3v) is 9.79. The van der Waals surface area contributed by atoms with Crippen molar-refractivity contribution in [2.75, 3.05) is 26.4 Å². The monoisotopic (exact) mass is 470 g/mol. The SMILES string of the molecule is CC(=O)C(/C(C)=C(\c1ccccc1)P1(=O)OCC(C)(C)CO1)P1(=O)OCC(C)(C)CO1. The minimum atomic E-state index is -3.84. The van der Waals surface area contributed by atoms with Crippen LogP contribution in [0.2, 0.25) is 0 Å². The van der Waals surface area contributed by atoms with Crippen LogP contribution in [0.3, 0.4) is 0 Å².